The quantitative estimate of drug-likeness (QED) is 0.825. The molecule has 1 fully saturated rings. The van der Waals surface area contributed by atoms with Gasteiger partial charge in [-0.2, -0.15) is 0 Å². The molecule has 1 aliphatic heterocycles. The summed E-state index contributed by atoms with van der Waals surface area (Å²) in [6.07, 6.45) is 0.985. The molecule has 3 rings (SSSR count). The molecule has 0 bridgehead atoms. The molecule has 1 saturated heterocycles. The number of anilines is 1. The number of nitrogen functional groups attached to an aromatic ring is 1. The molecule has 1 aromatic carbocycles. The predicted octanol–water partition coefficient (Wildman–Crippen LogP) is 1.46. The fourth-order valence-corrected chi connectivity index (χ4v) is 2.79. The molecule has 94 valence electrons. The van der Waals surface area contributed by atoms with Crippen molar-refractivity contribution >= 4 is 16.6 Å². The predicted molar refractivity (Wildman–Crippen MR) is 73.8 cm³/mol. The highest BCUT2D eigenvalue weighted by atomic mass is 16.1. The number of likely N-dealkylation sites (tertiary alicyclic amines) is 1. The van der Waals surface area contributed by atoms with Crippen LogP contribution in [0.4, 0.5) is 5.82 Å². The highest BCUT2D eigenvalue weighted by molar-refractivity contribution is 5.83. The fraction of sp³-hybridized carbons (Fsp3) is 0.357. The van der Waals surface area contributed by atoms with Gasteiger partial charge in [-0.3, -0.25) is 9.36 Å². The molecule has 2 N–H and O–H groups in total. The first-order valence-corrected chi connectivity index (χ1v) is 6.25. The summed E-state index contributed by atoms with van der Waals surface area (Å²) >= 11 is 0. The maximum absolute atomic E-state index is 12.5. The molecule has 1 atom stereocenters. The minimum absolute atomic E-state index is 0.0332. The van der Waals surface area contributed by atoms with Crippen LogP contribution in [0, 0.1) is 0 Å². The minimum atomic E-state index is 0.0332. The monoisotopic (exact) mass is 243 g/mol. The van der Waals surface area contributed by atoms with Crippen LogP contribution in [0.15, 0.2) is 35.1 Å². The van der Waals surface area contributed by atoms with Crippen molar-refractivity contribution in [1.29, 1.82) is 0 Å². The van der Waals surface area contributed by atoms with E-state index in [1.807, 2.05) is 30.3 Å². The normalized spacial score (nSPS) is 20.6. The number of likely N-dealkylation sites (N-methyl/N-ethyl adjacent to an activating group) is 1. The van der Waals surface area contributed by atoms with Crippen molar-refractivity contribution in [3.8, 4) is 0 Å². The molecular weight excluding hydrogens is 226 g/mol. The molecule has 18 heavy (non-hydrogen) atoms. The van der Waals surface area contributed by atoms with Gasteiger partial charge in [-0.15, -0.1) is 0 Å². The van der Waals surface area contributed by atoms with Crippen LogP contribution in [0.1, 0.15) is 12.5 Å². The van der Waals surface area contributed by atoms with E-state index in [2.05, 4.69) is 11.9 Å². The Morgan fingerprint density at radius 2 is 2.11 bits per heavy atom. The van der Waals surface area contributed by atoms with Crippen molar-refractivity contribution in [2.45, 2.75) is 12.5 Å². The van der Waals surface area contributed by atoms with E-state index >= 15 is 0 Å². The highest BCUT2D eigenvalue weighted by Gasteiger charge is 2.23. The van der Waals surface area contributed by atoms with Gasteiger partial charge in [0.2, 0.25) is 0 Å². The molecule has 4 heteroatoms. The largest absolute Gasteiger partial charge is 0.385 e. The summed E-state index contributed by atoms with van der Waals surface area (Å²) in [6.45, 7) is 1.91. The zero-order chi connectivity index (χ0) is 12.7. The van der Waals surface area contributed by atoms with Crippen molar-refractivity contribution in [2.24, 2.45) is 0 Å². The first-order valence-electron chi connectivity index (χ1n) is 6.25. The Labute approximate surface area is 106 Å². The lowest BCUT2D eigenvalue weighted by molar-refractivity contribution is 0.391. The topological polar surface area (TPSA) is 51.3 Å². The molecular formula is C14H17N3O. The van der Waals surface area contributed by atoms with Crippen LogP contribution in [-0.2, 0) is 0 Å². The van der Waals surface area contributed by atoms with Gasteiger partial charge in [0.15, 0.2) is 0 Å². The van der Waals surface area contributed by atoms with Crippen LogP contribution in [-0.4, -0.2) is 29.6 Å². The van der Waals surface area contributed by atoms with Gasteiger partial charge in [0, 0.05) is 11.9 Å². The molecule has 1 unspecified atom stereocenters. The van der Waals surface area contributed by atoms with Gasteiger partial charge in [-0.25, -0.2) is 0 Å². The number of rotatable bonds is 1. The average molecular weight is 243 g/mol. The van der Waals surface area contributed by atoms with E-state index in [1.54, 1.807) is 4.57 Å². The highest BCUT2D eigenvalue weighted by Crippen LogP contribution is 2.23. The molecule has 1 aromatic heterocycles. The molecule has 0 aliphatic carbocycles. The number of benzene rings is 1. The van der Waals surface area contributed by atoms with Gasteiger partial charge in [-0.1, -0.05) is 18.2 Å². The molecule has 0 amide bonds. The second kappa shape index (κ2) is 4.14. The Hall–Kier alpha value is -1.81. The number of aromatic nitrogens is 1. The molecule has 2 heterocycles. The molecule has 4 nitrogen and oxygen atoms in total. The third kappa shape index (κ3) is 1.69. The van der Waals surface area contributed by atoms with E-state index < -0.39 is 0 Å². The minimum Gasteiger partial charge on any atom is -0.385 e. The van der Waals surface area contributed by atoms with Crippen LogP contribution in [0.2, 0.25) is 0 Å². The Balaban J connectivity index is 2.20. The summed E-state index contributed by atoms with van der Waals surface area (Å²) in [5, 5.41) is 1.67. The molecule has 0 radical (unpaired) electrons. The Bertz CT molecular complexity index is 647. The summed E-state index contributed by atoms with van der Waals surface area (Å²) < 4.78 is 1.76. The summed E-state index contributed by atoms with van der Waals surface area (Å²) in [6, 6.07) is 9.71. The van der Waals surface area contributed by atoms with E-state index in [-0.39, 0.29) is 11.6 Å². The number of fused-ring (bicyclic) bond motifs is 1. The van der Waals surface area contributed by atoms with Gasteiger partial charge in [0.1, 0.15) is 5.82 Å². The van der Waals surface area contributed by atoms with E-state index in [4.69, 9.17) is 5.73 Å². The van der Waals surface area contributed by atoms with Crippen LogP contribution >= 0.6 is 0 Å². The summed E-state index contributed by atoms with van der Waals surface area (Å²) in [5.74, 6) is 0.569. The summed E-state index contributed by atoms with van der Waals surface area (Å²) in [4.78, 5) is 14.7. The maximum Gasteiger partial charge on any atom is 0.260 e. The van der Waals surface area contributed by atoms with Crippen LogP contribution in [0.5, 0.6) is 0 Å². The molecule has 0 saturated carbocycles. The van der Waals surface area contributed by atoms with Gasteiger partial charge < -0.3 is 10.6 Å². The summed E-state index contributed by atoms with van der Waals surface area (Å²) in [5.41, 5.74) is 6.09. The number of pyridine rings is 1. The number of hydrogen-bond donors (Lipinski definition) is 1. The lowest BCUT2D eigenvalue weighted by atomic mass is 10.1. The SMILES string of the molecule is CN1CCC(n2c(N)cc3ccccc3c2=O)C1. The van der Waals surface area contributed by atoms with Crippen LogP contribution in [0.3, 0.4) is 0 Å². The van der Waals surface area contributed by atoms with E-state index in [0.29, 0.717) is 5.82 Å². The van der Waals surface area contributed by atoms with E-state index in [9.17, 15) is 4.79 Å². The zero-order valence-corrected chi connectivity index (χ0v) is 10.5. The Kier molecular flexibility index (Phi) is 2.59. The van der Waals surface area contributed by atoms with Crippen molar-refractivity contribution in [1.82, 2.24) is 9.47 Å². The Morgan fingerprint density at radius 3 is 2.83 bits per heavy atom. The number of nitrogens with two attached hydrogens (primary N) is 1. The first-order chi connectivity index (χ1) is 8.66. The summed E-state index contributed by atoms with van der Waals surface area (Å²) in [7, 11) is 2.07. The fourth-order valence-electron chi connectivity index (χ4n) is 2.79. The maximum atomic E-state index is 12.5. The molecule has 2 aromatic rings. The van der Waals surface area contributed by atoms with Crippen LogP contribution in [0.25, 0.3) is 10.8 Å². The average Bonchev–Trinajstić information content (AvgIpc) is 2.76. The van der Waals surface area contributed by atoms with Crippen LogP contribution < -0.4 is 11.3 Å². The van der Waals surface area contributed by atoms with E-state index in [1.165, 1.54) is 0 Å². The van der Waals surface area contributed by atoms with Crippen molar-refractivity contribution < 1.29 is 0 Å². The van der Waals surface area contributed by atoms with Crippen molar-refractivity contribution in [3.05, 3.63) is 40.7 Å². The lowest BCUT2D eigenvalue weighted by Gasteiger charge is -2.17. The van der Waals surface area contributed by atoms with Crippen molar-refractivity contribution in [2.75, 3.05) is 25.9 Å². The van der Waals surface area contributed by atoms with Gasteiger partial charge in [-0.05, 0) is 37.5 Å². The number of nitrogens with zero attached hydrogens (tertiary/aromatic N) is 2. The standard InChI is InChI=1S/C14H17N3O/c1-16-7-6-11(9-16)17-13(15)8-10-4-2-3-5-12(10)14(17)18/h2-5,8,11H,6-7,9,15H2,1H3. The van der Waals surface area contributed by atoms with Crippen molar-refractivity contribution in [3.63, 3.8) is 0 Å². The smallest absolute Gasteiger partial charge is 0.260 e. The van der Waals surface area contributed by atoms with Gasteiger partial charge in [0.05, 0.1) is 6.04 Å². The molecule has 0 spiro atoms. The first kappa shape index (κ1) is 11.3. The number of hydrogen-bond acceptors (Lipinski definition) is 3. The van der Waals surface area contributed by atoms with Gasteiger partial charge in [0.25, 0.3) is 5.56 Å². The third-order valence-electron chi connectivity index (χ3n) is 3.72. The second-order valence-electron chi connectivity index (χ2n) is 5.04. The second-order valence-corrected chi connectivity index (χ2v) is 5.04. The zero-order valence-electron chi connectivity index (χ0n) is 10.5. The van der Waals surface area contributed by atoms with E-state index in [0.717, 1.165) is 30.3 Å². The lowest BCUT2D eigenvalue weighted by Crippen LogP contribution is -2.28. The molecule has 1 aliphatic rings. The van der Waals surface area contributed by atoms with Gasteiger partial charge >= 0.3 is 0 Å². The Morgan fingerprint density at radius 1 is 1.33 bits per heavy atom. The third-order valence-corrected chi connectivity index (χ3v) is 3.72.